The summed E-state index contributed by atoms with van der Waals surface area (Å²) in [5.74, 6) is 0.0461. The number of hydrogen-bond acceptors (Lipinski definition) is 2. The molecule has 1 aromatic carbocycles. The van der Waals surface area contributed by atoms with E-state index in [1.807, 2.05) is 33.8 Å². The van der Waals surface area contributed by atoms with Crippen molar-refractivity contribution < 1.29 is 4.79 Å². The van der Waals surface area contributed by atoms with Gasteiger partial charge in [0.1, 0.15) is 5.54 Å². The number of anilines is 1. The second-order valence-corrected chi connectivity index (χ2v) is 5.79. The molecule has 3 nitrogen and oxygen atoms in total. The molecule has 98 valence electrons. The van der Waals surface area contributed by atoms with E-state index in [0.717, 1.165) is 28.4 Å². The van der Waals surface area contributed by atoms with E-state index < -0.39 is 5.54 Å². The molecule has 18 heavy (non-hydrogen) atoms. The SMILES string of the molecule is Cc1cc(C)c(N2CCNC(=O)C2(C)C)c(Cl)c1. The summed E-state index contributed by atoms with van der Waals surface area (Å²) in [7, 11) is 0. The lowest BCUT2D eigenvalue weighted by molar-refractivity contribution is -0.126. The number of hydrogen-bond donors (Lipinski definition) is 1. The number of nitrogens with zero attached hydrogens (tertiary/aromatic N) is 1. The average Bonchev–Trinajstić information content (AvgIpc) is 2.23. The van der Waals surface area contributed by atoms with Gasteiger partial charge in [0.05, 0.1) is 10.7 Å². The molecule has 1 heterocycles. The zero-order chi connectivity index (χ0) is 13.5. The molecule has 1 aliphatic heterocycles. The number of benzene rings is 1. The number of carbonyl (C=O) groups is 1. The Hall–Kier alpha value is -1.22. The van der Waals surface area contributed by atoms with Gasteiger partial charge < -0.3 is 10.2 Å². The van der Waals surface area contributed by atoms with Gasteiger partial charge in [-0.05, 0) is 44.9 Å². The highest BCUT2D eigenvalue weighted by Gasteiger charge is 2.38. The first-order valence-electron chi connectivity index (χ1n) is 6.16. The molecule has 0 spiro atoms. The molecule has 1 aliphatic rings. The zero-order valence-corrected chi connectivity index (χ0v) is 12.1. The highest BCUT2D eigenvalue weighted by Crippen LogP contribution is 2.36. The predicted molar refractivity (Wildman–Crippen MR) is 75.4 cm³/mol. The van der Waals surface area contributed by atoms with Gasteiger partial charge in [0.25, 0.3) is 0 Å². The zero-order valence-electron chi connectivity index (χ0n) is 11.3. The predicted octanol–water partition coefficient (Wildman–Crippen LogP) is 2.67. The van der Waals surface area contributed by atoms with Crippen molar-refractivity contribution in [3.63, 3.8) is 0 Å². The van der Waals surface area contributed by atoms with Gasteiger partial charge in [0.2, 0.25) is 5.91 Å². The number of amides is 1. The van der Waals surface area contributed by atoms with Crippen LogP contribution in [0.25, 0.3) is 0 Å². The largest absolute Gasteiger partial charge is 0.354 e. The smallest absolute Gasteiger partial charge is 0.245 e. The number of nitrogens with one attached hydrogen (secondary N) is 1. The average molecular weight is 267 g/mol. The van der Waals surface area contributed by atoms with Crippen LogP contribution in [0.5, 0.6) is 0 Å². The van der Waals surface area contributed by atoms with Crippen molar-refractivity contribution in [2.45, 2.75) is 33.2 Å². The normalized spacial score (nSPS) is 18.7. The molecule has 4 heteroatoms. The summed E-state index contributed by atoms with van der Waals surface area (Å²) < 4.78 is 0. The summed E-state index contributed by atoms with van der Waals surface area (Å²) in [6.07, 6.45) is 0. The van der Waals surface area contributed by atoms with Crippen molar-refractivity contribution in [2.75, 3.05) is 18.0 Å². The topological polar surface area (TPSA) is 32.3 Å². The second-order valence-electron chi connectivity index (χ2n) is 5.38. The molecule has 2 rings (SSSR count). The fourth-order valence-electron chi connectivity index (χ4n) is 2.54. The quantitative estimate of drug-likeness (QED) is 0.848. The minimum absolute atomic E-state index is 0.0461. The van der Waals surface area contributed by atoms with Crippen LogP contribution < -0.4 is 10.2 Å². The standard InChI is InChI=1S/C14H19ClN2O/c1-9-7-10(2)12(11(15)8-9)17-6-5-16-13(18)14(17,3)4/h7-8H,5-6H2,1-4H3,(H,16,18). The Bertz CT molecular complexity index is 474. The van der Waals surface area contributed by atoms with E-state index in [4.69, 9.17) is 11.6 Å². The summed E-state index contributed by atoms with van der Waals surface area (Å²) in [5.41, 5.74) is 2.66. The molecule has 1 N–H and O–H groups in total. The lowest BCUT2D eigenvalue weighted by atomic mass is 9.96. The molecule has 0 radical (unpaired) electrons. The summed E-state index contributed by atoms with van der Waals surface area (Å²) in [6, 6.07) is 4.05. The van der Waals surface area contributed by atoms with Crippen molar-refractivity contribution in [1.29, 1.82) is 0 Å². The molecule has 1 amide bonds. The number of piperazine rings is 1. The first-order chi connectivity index (χ1) is 8.34. The van der Waals surface area contributed by atoms with E-state index in [2.05, 4.69) is 16.3 Å². The highest BCUT2D eigenvalue weighted by atomic mass is 35.5. The van der Waals surface area contributed by atoms with Crippen molar-refractivity contribution in [3.8, 4) is 0 Å². The van der Waals surface area contributed by atoms with Gasteiger partial charge in [-0.2, -0.15) is 0 Å². The molecule has 1 saturated heterocycles. The molecule has 0 saturated carbocycles. The van der Waals surface area contributed by atoms with Gasteiger partial charge in [-0.15, -0.1) is 0 Å². The Morgan fingerprint density at radius 3 is 2.61 bits per heavy atom. The van der Waals surface area contributed by atoms with Crippen LogP contribution in [0.15, 0.2) is 12.1 Å². The maximum absolute atomic E-state index is 12.0. The Balaban J connectivity index is 2.51. The molecule has 0 atom stereocenters. The van der Waals surface area contributed by atoms with E-state index in [0.29, 0.717) is 6.54 Å². The van der Waals surface area contributed by atoms with Gasteiger partial charge in [0, 0.05) is 13.1 Å². The van der Waals surface area contributed by atoms with Crippen LogP contribution >= 0.6 is 11.6 Å². The Morgan fingerprint density at radius 1 is 1.33 bits per heavy atom. The Kier molecular flexibility index (Phi) is 3.28. The molecule has 1 fully saturated rings. The third-order valence-corrected chi connectivity index (χ3v) is 3.81. The van der Waals surface area contributed by atoms with Crippen LogP contribution in [-0.2, 0) is 4.79 Å². The maximum atomic E-state index is 12.0. The van der Waals surface area contributed by atoms with Gasteiger partial charge in [-0.1, -0.05) is 17.7 Å². The van der Waals surface area contributed by atoms with Crippen LogP contribution in [0.2, 0.25) is 5.02 Å². The first kappa shape index (κ1) is 13.2. The van der Waals surface area contributed by atoms with Crippen molar-refractivity contribution in [3.05, 3.63) is 28.3 Å². The Labute approximate surface area is 113 Å². The lowest BCUT2D eigenvalue weighted by Gasteiger charge is -2.44. The molecule has 0 aliphatic carbocycles. The summed E-state index contributed by atoms with van der Waals surface area (Å²) in [6.45, 7) is 9.36. The van der Waals surface area contributed by atoms with Crippen LogP contribution in [0.4, 0.5) is 5.69 Å². The minimum Gasteiger partial charge on any atom is -0.354 e. The fourth-order valence-corrected chi connectivity index (χ4v) is 2.96. The van der Waals surface area contributed by atoms with E-state index in [1.165, 1.54) is 0 Å². The van der Waals surface area contributed by atoms with Crippen molar-refractivity contribution in [2.24, 2.45) is 0 Å². The minimum atomic E-state index is -0.568. The van der Waals surface area contributed by atoms with Gasteiger partial charge >= 0.3 is 0 Å². The molecular formula is C14H19ClN2O. The van der Waals surface area contributed by atoms with Crippen LogP contribution in [0, 0.1) is 13.8 Å². The van der Waals surface area contributed by atoms with E-state index in [-0.39, 0.29) is 5.91 Å². The second kappa shape index (κ2) is 4.47. The molecular weight excluding hydrogens is 248 g/mol. The van der Waals surface area contributed by atoms with E-state index in [9.17, 15) is 4.79 Å². The first-order valence-corrected chi connectivity index (χ1v) is 6.54. The van der Waals surface area contributed by atoms with Crippen molar-refractivity contribution in [1.82, 2.24) is 5.32 Å². The molecule has 0 bridgehead atoms. The van der Waals surface area contributed by atoms with E-state index in [1.54, 1.807) is 0 Å². The number of rotatable bonds is 1. The fraction of sp³-hybridized carbons (Fsp3) is 0.500. The van der Waals surface area contributed by atoms with Crippen LogP contribution in [0.1, 0.15) is 25.0 Å². The molecule has 1 aromatic rings. The number of carbonyl (C=O) groups excluding carboxylic acids is 1. The van der Waals surface area contributed by atoms with Gasteiger partial charge in [-0.25, -0.2) is 0 Å². The summed E-state index contributed by atoms with van der Waals surface area (Å²) >= 11 is 6.37. The Morgan fingerprint density at radius 2 is 2.00 bits per heavy atom. The number of halogens is 1. The monoisotopic (exact) mass is 266 g/mol. The number of aryl methyl sites for hydroxylation is 2. The van der Waals surface area contributed by atoms with E-state index >= 15 is 0 Å². The molecule has 0 unspecified atom stereocenters. The third-order valence-electron chi connectivity index (χ3n) is 3.52. The van der Waals surface area contributed by atoms with Gasteiger partial charge in [-0.3, -0.25) is 4.79 Å². The summed E-state index contributed by atoms with van der Waals surface area (Å²) in [5, 5.41) is 3.62. The van der Waals surface area contributed by atoms with Gasteiger partial charge in [0.15, 0.2) is 0 Å². The van der Waals surface area contributed by atoms with Crippen LogP contribution in [0.3, 0.4) is 0 Å². The lowest BCUT2D eigenvalue weighted by Crippen LogP contribution is -2.62. The highest BCUT2D eigenvalue weighted by molar-refractivity contribution is 6.33. The summed E-state index contributed by atoms with van der Waals surface area (Å²) in [4.78, 5) is 14.1. The van der Waals surface area contributed by atoms with Crippen LogP contribution in [-0.4, -0.2) is 24.5 Å². The molecule has 0 aromatic heterocycles. The van der Waals surface area contributed by atoms with Crippen molar-refractivity contribution >= 4 is 23.2 Å². The maximum Gasteiger partial charge on any atom is 0.245 e. The third kappa shape index (κ3) is 2.07.